The van der Waals surface area contributed by atoms with E-state index in [1.165, 1.54) is 17.2 Å². The molecule has 0 aromatic carbocycles. The van der Waals surface area contributed by atoms with Gasteiger partial charge in [0.05, 0.1) is 28.5 Å². The highest BCUT2D eigenvalue weighted by atomic mass is 16.2. The molecular weight excluding hydrogens is 1340 g/mol. The minimum absolute atomic E-state index is 0.0129. The van der Waals surface area contributed by atoms with Gasteiger partial charge in [-0.1, -0.05) is 269 Å². The molecule has 0 N–H and O–H groups in total. The van der Waals surface area contributed by atoms with E-state index < -0.39 is 0 Å². The summed E-state index contributed by atoms with van der Waals surface area (Å²) in [5.74, 6) is 6.64. The van der Waals surface area contributed by atoms with Gasteiger partial charge >= 0.3 is 0 Å². The predicted octanol–water partition coefficient (Wildman–Crippen LogP) is 23.3. The number of aromatic nitrogens is 11. The lowest BCUT2D eigenvalue weighted by molar-refractivity contribution is -0.126. The van der Waals surface area contributed by atoms with Crippen LogP contribution in [0.2, 0.25) is 0 Å². The molecule has 13 nitrogen and oxygen atoms in total. The molecule has 582 valence electrons. The number of amides is 1. The molecule has 0 unspecified atom stereocenters. The molecule has 0 saturated heterocycles. The van der Waals surface area contributed by atoms with Gasteiger partial charge in [0.2, 0.25) is 5.91 Å². The van der Waals surface area contributed by atoms with Crippen molar-refractivity contribution in [2.24, 2.45) is 5.41 Å². The van der Waals surface area contributed by atoms with Gasteiger partial charge < -0.3 is 4.90 Å². The number of nitrogens with zero attached hydrogens (tertiary/aromatic N) is 12. The summed E-state index contributed by atoms with van der Waals surface area (Å²) in [6.07, 6.45) is 34.6. The van der Waals surface area contributed by atoms with Crippen LogP contribution in [0, 0.1) is 30.1 Å². The third-order valence-corrected chi connectivity index (χ3v) is 15.2. The van der Waals surface area contributed by atoms with E-state index in [0.717, 1.165) is 74.9 Å². The highest BCUT2D eigenvalue weighted by molar-refractivity contribution is 5.87. The van der Waals surface area contributed by atoms with Gasteiger partial charge in [0.1, 0.15) is 23.5 Å². The molecule has 8 aromatic rings. The fraction of sp³-hybridized carbons (Fsp3) is 0.396. The smallest absolute Gasteiger partial charge is 0.246 e. The molecule has 8 heterocycles. The molecular formula is C96H132N12O. The van der Waals surface area contributed by atoms with Crippen molar-refractivity contribution in [2.75, 3.05) is 13.1 Å². The molecule has 0 bridgehead atoms. The van der Waals surface area contributed by atoms with Gasteiger partial charge in [0, 0.05) is 93.9 Å². The van der Waals surface area contributed by atoms with E-state index in [2.05, 4.69) is 318 Å². The van der Waals surface area contributed by atoms with E-state index in [9.17, 15) is 4.79 Å². The van der Waals surface area contributed by atoms with Gasteiger partial charge in [-0.3, -0.25) is 19.7 Å². The Morgan fingerprint density at radius 3 is 1.32 bits per heavy atom. The molecule has 13 heteroatoms. The molecule has 1 amide bonds. The van der Waals surface area contributed by atoms with Crippen LogP contribution in [0.25, 0.3) is 36.5 Å². The van der Waals surface area contributed by atoms with Crippen molar-refractivity contribution < 1.29 is 4.79 Å². The first-order chi connectivity index (χ1) is 50.2. The Hall–Kier alpha value is -10.5. The molecule has 0 aliphatic carbocycles. The number of carbonyl (C=O) groups is 1. The summed E-state index contributed by atoms with van der Waals surface area (Å²) in [6, 6.07) is 29.7. The molecule has 0 radical (unpaired) electrons. The van der Waals surface area contributed by atoms with Crippen LogP contribution in [0.5, 0.6) is 0 Å². The van der Waals surface area contributed by atoms with E-state index in [0.29, 0.717) is 18.1 Å². The van der Waals surface area contributed by atoms with Gasteiger partial charge in [-0.25, -0.2) is 39.9 Å². The maximum atomic E-state index is 11.3. The molecule has 0 saturated carbocycles. The van der Waals surface area contributed by atoms with Crippen molar-refractivity contribution in [2.45, 2.75) is 230 Å². The summed E-state index contributed by atoms with van der Waals surface area (Å²) in [6.45, 7) is 88.1. The molecule has 0 fully saturated rings. The quantitative estimate of drug-likeness (QED) is 0.0725. The van der Waals surface area contributed by atoms with Crippen LogP contribution < -0.4 is 0 Å². The van der Waals surface area contributed by atoms with Gasteiger partial charge in [-0.2, -0.15) is 0 Å². The van der Waals surface area contributed by atoms with E-state index in [-0.39, 0.29) is 54.6 Å². The van der Waals surface area contributed by atoms with Gasteiger partial charge in [-0.05, 0) is 154 Å². The van der Waals surface area contributed by atoms with Crippen LogP contribution in [-0.4, -0.2) is 78.7 Å². The summed E-state index contributed by atoms with van der Waals surface area (Å²) >= 11 is 0. The molecule has 0 spiro atoms. The highest BCUT2D eigenvalue weighted by Gasteiger charge is 2.22. The number of carbonyl (C=O) groups excluding carboxylic acids is 1. The first-order valence-corrected chi connectivity index (χ1v) is 36.8. The maximum absolute atomic E-state index is 11.3. The molecule has 0 atom stereocenters. The minimum atomic E-state index is -0.0326. The monoisotopic (exact) mass is 1470 g/mol. The second-order valence-corrected chi connectivity index (χ2v) is 34.9. The van der Waals surface area contributed by atoms with Crippen molar-refractivity contribution in [3.63, 3.8) is 0 Å². The summed E-state index contributed by atoms with van der Waals surface area (Å²) in [5.41, 5.74) is 15.0. The van der Waals surface area contributed by atoms with Crippen molar-refractivity contribution in [3.8, 4) is 24.7 Å². The van der Waals surface area contributed by atoms with Crippen LogP contribution in [0.15, 0.2) is 193 Å². The zero-order chi connectivity index (χ0) is 84.0. The van der Waals surface area contributed by atoms with E-state index in [1.807, 2.05) is 85.1 Å². The van der Waals surface area contributed by atoms with Gasteiger partial charge in [0.25, 0.3) is 0 Å². The SMILES string of the molecule is C#Cc1cccc(C(C)(C)C)n1.C#Cc1ncccc1C(C)(C)C.C=CCN(CC(C)(C)C)C(=O)C=C.C=Cc1cc(C(C)(C)C)ccn1.C=Cc1cc(C(C)(C)C)ncn1.C=Cc1cccc(C(C)(C)C)n1.C=Cc1ccnc(C(C)(C)C)n1.C=Cc1nccc(C(C)(C)C)n1.C=Cc1ncccc1C(C)(C)C. The summed E-state index contributed by atoms with van der Waals surface area (Å²) < 4.78 is 0. The third kappa shape index (κ3) is 39.8. The summed E-state index contributed by atoms with van der Waals surface area (Å²) in [5, 5.41) is 0. The Balaban J connectivity index is 0.00000120. The fourth-order valence-electron chi connectivity index (χ4n) is 9.00. The molecule has 8 rings (SSSR count). The topological polar surface area (TPSA) is 162 Å². The van der Waals surface area contributed by atoms with Crippen LogP contribution in [0.1, 0.15) is 278 Å². The average molecular weight is 1470 g/mol. The zero-order valence-electron chi connectivity index (χ0n) is 71.7. The second-order valence-electron chi connectivity index (χ2n) is 34.9. The Morgan fingerprint density at radius 2 is 0.881 bits per heavy atom. The number of hydrogen-bond acceptors (Lipinski definition) is 12. The Kier molecular flexibility index (Phi) is 41.0. The third-order valence-electron chi connectivity index (χ3n) is 15.2. The minimum Gasteiger partial charge on any atom is -0.335 e. The van der Waals surface area contributed by atoms with Crippen molar-refractivity contribution >= 4 is 42.4 Å². The zero-order valence-corrected chi connectivity index (χ0v) is 71.7. The number of rotatable bonds is 10. The lowest BCUT2D eigenvalue weighted by Crippen LogP contribution is -2.36. The Labute approximate surface area is 660 Å². The average Bonchev–Trinajstić information content (AvgIpc) is 0.828. The fourth-order valence-corrected chi connectivity index (χ4v) is 9.00. The molecule has 0 aliphatic rings. The van der Waals surface area contributed by atoms with Crippen LogP contribution in [0.4, 0.5) is 0 Å². The van der Waals surface area contributed by atoms with Gasteiger partial charge in [-0.15, -0.1) is 19.4 Å². The van der Waals surface area contributed by atoms with Gasteiger partial charge in [0.15, 0.2) is 5.82 Å². The maximum Gasteiger partial charge on any atom is 0.246 e. The van der Waals surface area contributed by atoms with Crippen LogP contribution in [0.3, 0.4) is 0 Å². The van der Waals surface area contributed by atoms with Crippen molar-refractivity contribution in [1.82, 2.24) is 59.7 Å². The standard InChI is InChI=1S/C11H19NO.2C11H15N.C11H13N.C11H15N.C11H13N.3C10H14N2/c1-6-8-12(10(13)7-2)9-11(3,4)5;1-5-10-8-9(6-7-12-10)11(2,3)4;2*1-5-10-9(11(2,3)4)7-6-8-12-10;2*1-5-9-7-6-8-10(12-9)11(2,3)4;1-5-8-6-9(10(2,3)4)12-7-11-8;1-5-9-11-7-6-8(12-9)10(2,3)4;1-5-8-6-7-11-9(12-8)10(2,3)4/h6-7H,1-2,8-9H2,3-5H3;2*5-8H,1H2,2-4H3;1,6-8H,2-4H3;5-8H,1H2,2-4H3;1,6-8H,2-4H3;3*5-7H,1H2,2-4H3. The molecule has 8 aromatic heterocycles. The normalized spacial score (nSPS) is 11.1. The van der Waals surface area contributed by atoms with Crippen molar-refractivity contribution in [3.05, 3.63) is 284 Å². The Bertz CT molecular complexity index is 3910. The lowest BCUT2D eigenvalue weighted by atomic mass is 9.86. The number of pyridine rings is 5. The number of terminal acetylenes is 2. The first kappa shape index (κ1) is 98.5. The first-order valence-electron chi connectivity index (χ1n) is 36.8. The lowest BCUT2D eigenvalue weighted by Gasteiger charge is -2.28. The highest BCUT2D eigenvalue weighted by Crippen LogP contribution is 2.28. The summed E-state index contributed by atoms with van der Waals surface area (Å²) in [4.78, 5) is 59.5. The largest absolute Gasteiger partial charge is 0.335 e. The van der Waals surface area contributed by atoms with E-state index >= 15 is 0 Å². The summed E-state index contributed by atoms with van der Waals surface area (Å²) in [7, 11) is 0. The van der Waals surface area contributed by atoms with Crippen molar-refractivity contribution in [1.29, 1.82) is 0 Å². The molecule has 0 aliphatic heterocycles. The van der Waals surface area contributed by atoms with E-state index in [4.69, 9.17) is 12.8 Å². The number of hydrogen-bond donors (Lipinski definition) is 0. The van der Waals surface area contributed by atoms with Crippen LogP contribution in [-0.2, 0) is 48.1 Å². The molecule has 109 heavy (non-hydrogen) atoms. The predicted molar refractivity (Wildman–Crippen MR) is 470 cm³/mol. The van der Waals surface area contributed by atoms with E-state index in [1.54, 1.807) is 78.5 Å². The Morgan fingerprint density at radius 1 is 0.394 bits per heavy atom. The second kappa shape index (κ2) is 45.3. The van der Waals surface area contributed by atoms with Crippen LogP contribution >= 0.6 is 0 Å².